The number of unbranched alkanes of at least 4 members (excludes halogenated alkanes) is 1. The maximum absolute atomic E-state index is 5.79. The van der Waals surface area contributed by atoms with Crippen molar-refractivity contribution >= 4 is 11.3 Å². The van der Waals surface area contributed by atoms with Gasteiger partial charge in [-0.25, -0.2) is 4.98 Å². The molecule has 2 N–H and O–H groups in total. The van der Waals surface area contributed by atoms with Crippen molar-refractivity contribution in [3.63, 3.8) is 0 Å². The van der Waals surface area contributed by atoms with Crippen LogP contribution in [0.4, 0.5) is 0 Å². The highest BCUT2D eigenvalue weighted by atomic mass is 32.1. The van der Waals surface area contributed by atoms with Crippen molar-refractivity contribution in [2.24, 2.45) is 5.73 Å². The predicted octanol–water partition coefficient (Wildman–Crippen LogP) is 2.86. The Balaban J connectivity index is 2.14. The van der Waals surface area contributed by atoms with Crippen LogP contribution in [0.25, 0.3) is 0 Å². The van der Waals surface area contributed by atoms with Crippen LogP contribution in [0.1, 0.15) is 54.1 Å². The number of aromatic nitrogens is 1. The molecule has 0 bridgehead atoms. The van der Waals surface area contributed by atoms with Gasteiger partial charge in [-0.3, -0.25) is 0 Å². The van der Waals surface area contributed by atoms with Gasteiger partial charge in [-0.1, -0.05) is 13.3 Å². The van der Waals surface area contributed by atoms with E-state index in [4.69, 9.17) is 10.7 Å². The zero-order valence-corrected chi connectivity index (χ0v) is 10.3. The minimum atomic E-state index is 0.542. The Morgan fingerprint density at radius 1 is 1.53 bits per heavy atom. The van der Waals surface area contributed by atoms with Crippen LogP contribution < -0.4 is 5.73 Å². The first-order chi connectivity index (χ1) is 7.35. The van der Waals surface area contributed by atoms with Crippen molar-refractivity contribution in [3.8, 4) is 0 Å². The molecule has 1 heterocycles. The van der Waals surface area contributed by atoms with Gasteiger partial charge in [0.1, 0.15) is 0 Å². The summed E-state index contributed by atoms with van der Waals surface area (Å²) in [5.74, 6) is 0.542. The Bertz CT molecular complexity index is 319. The first-order valence-electron chi connectivity index (χ1n) is 6.03. The summed E-state index contributed by atoms with van der Waals surface area (Å²) in [5.41, 5.74) is 7.13. The first kappa shape index (κ1) is 11.1. The molecule has 15 heavy (non-hydrogen) atoms. The average molecular weight is 224 g/mol. The molecule has 2 rings (SSSR count). The van der Waals surface area contributed by atoms with Crippen LogP contribution in [-0.2, 0) is 12.8 Å². The quantitative estimate of drug-likeness (QED) is 0.854. The predicted molar refractivity (Wildman–Crippen MR) is 65.5 cm³/mol. The maximum Gasteiger partial charge on any atom is 0.0931 e. The van der Waals surface area contributed by atoms with Gasteiger partial charge in [0.15, 0.2) is 0 Å². The Morgan fingerprint density at radius 2 is 2.40 bits per heavy atom. The van der Waals surface area contributed by atoms with Crippen molar-refractivity contribution in [1.82, 2.24) is 4.98 Å². The molecule has 1 unspecified atom stereocenters. The Hall–Kier alpha value is -0.410. The SMILES string of the molecule is CCCCc1nc2c(s1)CCCC2CN. The molecule has 84 valence electrons. The van der Waals surface area contributed by atoms with Crippen LogP contribution in [0.15, 0.2) is 0 Å². The van der Waals surface area contributed by atoms with Gasteiger partial charge in [0.25, 0.3) is 0 Å². The van der Waals surface area contributed by atoms with E-state index in [-0.39, 0.29) is 0 Å². The fourth-order valence-electron chi connectivity index (χ4n) is 2.22. The van der Waals surface area contributed by atoms with Crippen LogP contribution in [0.5, 0.6) is 0 Å². The first-order valence-corrected chi connectivity index (χ1v) is 6.85. The van der Waals surface area contributed by atoms with Gasteiger partial charge >= 0.3 is 0 Å². The highest BCUT2D eigenvalue weighted by molar-refractivity contribution is 7.11. The van der Waals surface area contributed by atoms with Gasteiger partial charge in [0.2, 0.25) is 0 Å². The van der Waals surface area contributed by atoms with Gasteiger partial charge in [-0.05, 0) is 32.1 Å². The van der Waals surface area contributed by atoms with Crippen LogP contribution in [0.3, 0.4) is 0 Å². The molecule has 0 radical (unpaired) electrons. The number of hydrogen-bond donors (Lipinski definition) is 1. The number of rotatable bonds is 4. The molecular formula is C12H20N2S. The monoisotopic (exact) mass is 224 g/mol. The lowest BCUT2D eigenvalue weighted by molar-refractivity contribution is 0.552. The molecule has 1 aromatic heterocycles. The summed E-state index contributed by atoms with van der Waals surface area (Å²) in [7, 11) is 0. The third kappa shape index (κ3) is 2.40. The van der Waals surface area contributed by atoms with Crippen LogP contribution in [0.2, 0.25) is 0 Å². The Kier molecular flexibility index (Phi) is 3.76. The van der Waals surface area contributed by atoms with E-state index in [9.17, 15) is 0 Å². The van der Waals surface area contributed by atoms with E-state index in [1.54, 1.807) is 0 Å². The average Bonchev–Trinajstić information content (AvgIpc) is 2.68. The second kappa shape index (κ2) is 5.08. The smallest absolute Gasteiger partial charge is 0.0931 e. The highest BCUT2D eigenvalue weighted by Gasteiger charge is 2.23. The molecule has 0 saturated carbocycles. The molecule has 1 aromatic rings. The highest BCUT2D eigenvalue weighted by Crippen LogP contribution is 2.34. The summed E-state index contributed by atoms with van der Waals surface area (Å²) in [6.45, 7) is 3.00. The standard InChI is InChI=1S/C12H20N2S/c1-2-3-7-11-14-12-9(8-13)5-4-6-10(12)15-11/h9H,2-8,13H2,1H3. The molecule has 1 aliphatic rings. The number of aryl methyl sites for hydroxylation is 2. The van der Waals surface area contributed by atoms with Gasteiger partial charge < -0.3 is 5.73 Å². The van der Waals surface area contributed by atoms with Crippen LogP contribution in [-0.4, -0.2) is 11.5 Å². The molecule has 0 aromatic carbocycles. The lowest BCUT2D eigenvalue weighted by Gasteiger charge is -2.18. The summed E-state index contributed by atoms with van der Waals surface area (Å²) in [5, 5.41) is 1.34. The lowest BCUT2D eigenvalue weighted by Crippen LogP contribution is -2.17. The summed E-state index contributed by atoms with van der Waals surface area (Å²) >= 11 is 1.93. The minimum Gasteiger partial charge on any atom is -0.330 e. The van der Waals surface area contributed by atoms with E-state index in [1.165, 1.54) is 47.7 Å². The second-order valence-corrected chi connectivity index (χ2v) is 5.51. The van der Waals surface area contributed by atoms with Crippen LogP contribution in [0, 0.1) is 0 Å². The molecule has 1 aliphatic carbocycles. The largest absolute Gasteiger partial charge is 0.330 e. The van der Waals surface area contributed by atoms with Gasteiger partial charge in [0.05, 0.1) is 10.7 Å². The third-order valence-corrected chi connectivity index (χ3v) is 4.33. The fraction of sp³-hybridized carbons (Fsp3) is 0.750. The summed E-state index contributed by atoms with van der Waals surface area (Å²) in [4.78, 5) is 6.30. The van der Waals surface area contributed by atoms with Crippen molar-refractivity contribution in [1.29, 1.82) is 0 Å². The number of thiazole rings is 1. The van der Waals surface area contributed by atoms with Crippen molar-refractivity contribution in [2.75, 3.05) is 6.54 Å². The summed E-state index contributed by atoms with van der Waals surface area (Å²) in [6, 6.07) is 0. The number of nitrogens with zero attached hydrogens (tertiary/aromatic N) is 1. The second-order valence-electron chi connectivity index (χ2n) is 4.34. The molecule has 1 atom stereocenters. The number of hydrogen-bond acceptors (Lipinski definition) is 3. The fourth-order valence-corrected chi connectivity index (χ4v) is 3.46. The summed E-state index contributed by atoms with van der Waals surface area (Å²) in [6.07, 6.45) is 7.44. The maximum atomic E-state index is 5.79. The molecular weight excluding hydrogens is 204 g/mol. The Labute approximate surface area is 95.9 Å². The van der Waals surface area contributed by atoms with Crippen molar-refractivity contribution in [3.05, 3.63) is 15.6 Å². The Morgan fingerprint density at radius 3 is 3.13 bits per heavy atom. The molecule has 0 saturated heterocycles. The normalized spacial score (nSPS) is 20.3. The van der Waals surface area contributed by atoms with Gasteiger partial charge in [0, 0.05) is 17.3 Å². The summed E-state index contributed by atoms with van der Waals surface area (Å²) < 4.78 is 0. The third-order valence-electron chi connectivity index (χ3n) is 3.14. The van der Waals surface area contributed by atoms with Crippen molar-refractivity contribution in [2.45, 2.75) is 51.4 Å². The van der Waals surface area contributed by atoms with E-state index in [0.717, 1.165) is 13.0 Å². The van der Waals surface area contributed by atoms with E-state index in [1.807, 2.05) is 11.3 Å². The molecule has 3 heteroatoms. The minimum absolute atomic E-state index is 0.542. The molecule has 0 spiro atoms. The zero-order valence-electron chi connectivity index (χ0n) is 9.46. The van der Waals surface area contributed by atoms with E-state index >= 15 is 0 Å². The molecule has 0 fully saturated rings. The van der Waals surface area contributed by atoms with Crippen molar-refractivity contribution < 1.29 is 0 Å². The number of fused-ring (bicyclic) bond motifs is 1. The van der Waals surface area contributed by atoms with E-state index < -0.39 is 0 Å². The van der Waals surface area contributed by atoms with Crippen LogP contribution >= 0.6 is 11.3 Å². The van der Waals surface area contributed by atoms with E-state index in [0.29, 0.717) is 5.92 Å². The topological polar surface area (TPSA) is 38.9 Å². The molecule has 0 amide bonds. The molecule has 2 nitrogen and oxygen atoms in total. The van der Waals surface area contributed by atoms with Gasteiger partial charge in [-0.15, -0.1) is 11.3 Å². The molecule has 0 aliphatic heterocycles. The van der Waals surface area contributed by atoms with E-state index in [2.05, 4.69) is 6.92 Å². The van der Waals surface area contributed by atoms with Gasteiger partial charge in [-0.2, -0.15) is 0 Å². The number of nitrogens with two attached hydrogens (primary N) is 1. The lowest BCUT2D eigenvalue weighted by atomic mass is 9.91. The zero-order chi connectivity index (χ0) is 10.7.